The van der Waals surface area contributed by atoms with Crippen LogP contribution in [0.4, 0.5) is 15.8 Å². The molecule has 1 aliphatic heterocycles. The van der Waals surface area contributed by atoms with Crippen LogP contribution in [-0.2, 0) is 0 Å². The van der Waals surface area contributed by atoms with Gasteiger partial charge in [0.15, 0.2) is 0 Å². The van der Waals surface area contributed by atoms with Gasteiger partial charge in [-0.2, -0.15) is 0 Å². The van der Waals surface area contributed by atoms with Gasteiger partial charge in [-0.25, -0.2) is 4.39 Å². The Balaban J connectivity index is 2.32. The predicted octanol–water partition coefficient (Wildman–Crippen LogP) is 1.16. The number of benzene rings is 1. The Labute approximate surface area is 120 Å². The van der Waals surface area contributed by atoms with Crippen LogP contribution >= 0.6 is 0 Å². The molecule has 1 heterocycles. The number of nitro benzene ring substituents is 1. The van der Waals surface area contributed by atoms with Gasteiger partial charge in [0.2, 0.25) is 0 Å². The van der Waals surface area contributed by atoms with Crippen LogP contribution in [0.5, 0.6) is 0 Å². The maximum absolute atomic E-state index is 13.9. The number of likely N-dealkylation sites (tertiary alicyclic amines) is 1. The number of hydrogen-bond donors (Lipinski definition) is 2. The van der Waals surface area contributed by atoms with E-state index in [1.54, 1.807) is 6.92 Å². The van der Waals surface area contributed by atoms with Gasteiger partial charge in [0.05, 0.1) is 11.0 Å². The molecule has 1 aromatic rings. The monoisotopic (exact) mass is 297 g/mol. The minimum absolute atomic E-state index is 0.0862. The van der Waals surface area contributed by atoms with E-state index in [-0.39, 0.29) is 12.5 Å². The SMILES string of the molecule is CC(O)C1CCN(C(=O)c2c(F)ccc([N+](=O)[O-])c2N)C1. The number of aliphatic hydroxyl groups excluding tert-OH is 1. The first-order valence-electron chi connectivity index (χ1n) is 6.52. The second kappa shape index (κ2) is 5.65. The number of carbonyl (C=O) groups excluding carboxylic acids is 1. The molecule has 1 saturated heterocycles. The zero-order valence-corrected chi connectivity index (χ0v) is 11.5. The largest absolute Gasteiger partial charge is 0.393 e. The molecular weight excluding hydrogens is 281 g/mol. The highest BCUT2D eigenvalue weighted by molar-refractivity contribution is 6.01. The van der Waals surface area contributed by atoms with E-state index in [1.165, 1.54) is 4.90 Å². The van der Waals surface area contributed by atoms with E-state index in [0.717, 1.165) is 12.1 Å². The van der Waals surface area contributed by atoms with E-state index >= 15 is 0 Å². The summed E-state index contributed by atoms with van der Waals surface area (Å²) in [6.07, 6.45) is 0.0231. The molecular formula is C13H16FN3O4. The molecule has 1 aromatic carbocycles. The van der Waals surface area contributed by atoms with Gasteiger partial charge in [-0.05, 0) is 19.4 Å². The van der Waals surface area contributed by atoms with Crippen LogP contribution in [0.2, 0.25) is 0 Å². The fourth-order valence-corrected chi connectivity index (χ4v) is 2.48. The summed E-state index contributed by atoms with van der Waals surface area (Å²) >= 11 is 0. The van der Waals surface area contributed by atoms with Crippen molar-refractivity contribution in [3.63, 3.8) is 0 Å². The summed E-state index contributed by atoms with van der Waals surface area (Å²) in [5, 5.41) is 20.3. The minimum Gasteiger partial charge on any atom is -0.393 e. The molecule has 1 amide bonds. The molecule has 0 spiro atoms. The number of hydrogen-bond acceptors (Lipinski definition) is 5. The number of nitrogens with zero attached hydrogens (tertiary/aromatic N) is 2. The average Bonchev–Trinajstić information content (AvgIpc) is 2.87. The van der Waals surface area contributed by atoms with Gasteiger partial charge in [0.25, 0.3) is 11.6 Å². The highest BCUT2D eigenvalue weighted by Crippen LogP contribution is 2.30. The van der Waals surface area contributed by atoms with E-state index in [0.29, 0.717) is 13.0 Å². The molecule has 8 heteroatoms. The van der Waals surface area contributed by atoms with E-state index in [9.17, 15) is 24.4 Å². The topological polar surface area (TPSA) is 110 Å². The van der Waals surface area contributed by atoms with E-state index < -0.39 is 39.7 Å². The summed E-state index contributed by atoms with van der Waals surface area (Å²) in [5.74, 6) is -1.66. The summed E-state index contributed by atoms with van der Waals surface area (Å²) in [6, 6.07) is 1.80. The molecule has 1 aliphatic rings. The third-order valence-corrected chi connectivity index (χ3v) is 3.78. The van der Waals surface area contributed by atoms with Gasteiger partial charge in [0.1, 0.15) is 17.1 Å². The number of aliphatic hydroxyl groups is 1. The van der Waals surface area contributed by atoms with E-state index in [1.807, 2.05) is 0 Å². The number of rotatable bonds is 3. The highest BCUT2D eigenvalue weighted by Gasteiger charge is 2.33. The van der Waals surface area contributed by atoms with Crippen molar-refractivity contribution in [2.75, 3.05) is 18.8 Å². The maximum atomic E-state index is 13.9. The number of nitrogens with two attached hydrogens (primary N) is 1. The molecule has 0 bridgehead atoms. The van der Waals surface area contributed by atoms with Crippen molar-refractivity contribution < 1.29 is 19.2 Å². The zero-order chi connectivity index (χ0) is 15.7. The van der Waals surface area contributed by atoms with Gasteiger partial charge < -0.3 is 15.7 Å². The normalized spacial score (nSPS) is 19.6. The van der Waals surface area contributed by atoms with Gasteiger partial charge in [0, 0.05) is 25.1 Å². The Hall–Kier alpha value is -2.22. The van der Waals surface area contributed by atoms with Crippen LogP contribution in [0.3, 0.4) is 0 Å². The molecule has 2 atom stereocenters. The molecule has 2 rings (SSSR count). The van der Waals surface area contributed by atoms with Crippen molar-refractivity contribution in [3.05, 3.63) is 33.6 Å². The standard InChI is InChI=1S/C13H16FN3O4/c1-7(18)8-4-5-16(6-8)13(19)11-9(14)2-3-10(12(11)15)17(20)21/h2-3,7-8,18H,4-6,15H2,1H3. The van der Waals surface area contributed by atoms with Gasteiger partial charge in [-0.3, -0.25) is 14.9 Å². The lowest BCUT2D eigenvalue weighted by molar-refractivity contribution is -0.384. The molecule has 0 aromatic heterocycles. The van der Waals surface area contributed by atoms with Gasteiger partial charge in [-0.15, -0.1) is 0 Å². The molecule has 1 fully saturated rings. The fourth-order valence-electron chi connectivity index (χ4n) is 2.48. The first-order chi connectivity index (χ1) is 9.82. The smallest absolute Gasteiger partial charge is 0.293 e. The maximum Gasteiger partial charge on any atom is 0.293 e. The Morgan fingerprint density at radius 1 is 1.62 bits per heavy atom. The van der Waals surface area contributed by atoms with E-state index in [2.05, 4.69) is 0 Å². The van der Waals surface area contributed by atoms with Crippen LogP contribution in [0.25, 0.3) is 0 Å². The van der Waals surface area contributed by atoms with Crippen molar-refractivity contribution in [3.8, 4) is 0 Å². The molecule has 3 N–H and O–H groups in total. The third kappa shape index (κ3) is 2.80. The third-order valence-electron chi connectivity index (χ3n) is 3.78. The second-order valence-corrected chi connectivity index (χ2v) is 5.15. The lowest BCUT2D eigenvalue weighted by Crippen LogP contribution is -2.31. The number of halogens is 1. The number of amides is 1. The van der Waals surface area contributed by atoms with Crippen LogP contribution in [-0.4, -0.2) is 40.0 Å². The van der Waals surface area contributed by atoms with Gasteiger partial charge >= 0.3 is 0 Å². The summed E-state index contributed by atoms with van der Waals surface area (Å²) in [5.41, 5.74) is 4.13. The van der Waals surface area contributed by atoms with Crippen molar-refractivity contribution >= 4 is 17.3 Å². The number of carbonyl (C=O) groups is 1. The van der Waals surface area contributed by atoms with Crippen LogP contribution < -0.4 is 5.73 Å². The summed E-state index contributed by atoms with van der Waals surface area (Å²) in [6.45, 7) is 2.26. The summed E-state index contributed by atoms with van der Waals surface area (Å²) in [7, 11) is 0. The van der Waals surface area contributed by atoms with Crippen molar-refractivity contribution in [2.45, 2.75) is 19.4 Å². The Morgan fingerprint density at radius 3 is 2.81 bits per heavy atom. The first kappa shape index (κ1) is 15.2. The summed E-state index contributed by atoms with van der Waals surface area (Å²) in [4.78, 5) is 23.8. The Kier molecular flexibility index (Phi) is 4.08. The van der Waals surface area contributed by atoms with E-state index in [4.69, 9.17) is 5.73 Å². The average molecular weight is 297 g/mol. The van der Waals surface area contributed by atoms with Gasteiger partial charge in [-0.1, -0.05) is 0 Å². The molecule has 0 saturated carbocycles. The molecule has 2 unspecified atom stereocenters. The minimum atomic E-state index is -0.886. The lowest BCUT2D eigenvalue weighted by Gasteiger charge is -2.19. The predicted molar refractivity (Wildman–Crippen MR) is 73.2 cm³/mol. The first-order valence-corrected chi connectivity index (χ1v) is 6.52. The molecule has 0 radical (unpaired) electrons. The second-order valence-electron chi connectivity index (χ2n) is 5.15. The Morgan fingerprint density at radius 2 is 2.29 bits per heavy atom. The van der Waals surface area contributed by atoms with Crippen LogP contribution in [0.15, 0.2) is 12.1 Å². The molecule has 7 nitrogen and oxygen atoms in total. The van der Waals surface area contributed by atoms with Crippen molar-refractivity contribution in [1.82, 2.24) is 4.90 Å². The Bertz CT molecular complexity index is 591. The highest BCUT2D eigenvalue weighted by atomic mass is 19.1. The number of nitro groups is 1. The number of anilines is 1. The lowest BCUT2D eigenvalue weighted by atomic mass is 10.0. The number of nitrogen functional groups attached to an aromatic ring is 1. The van der Waals surface area contributed by atoms with Crippen LogP contribution in [0.1, 0.15) is 23.7 Å². The molecule has 114 valence electrons. The molecule has 0 aliphatic carbocycles. The molecule has 21 heavy (non-hydrogen) atoms. The van der Waals surface area contributed by atoms with Crippen molar-refractivity contribution in [1.29, 1.82) is 0 Å². The summed E-state index contributed by atoms with van der Waals surface area (Å²) < 4.78 is 13.9. The van der Waals surface area contributed by atoms with Crippen molar-refractivity contribution in [2.24, 2.45) is 5.92 Å². The fraction of sp³-hybridized carbons (Fsp3) is 0.462. The zero-order valence-electron chi connectivity index (χ0n) is 11.5. The van der Waals surface area contributed by atoms with Crippen LogP contribution in [0, 0.1) is 21.8 Å². The quantitative estimate of drug-likeness (QED) is 0.494.